The molecule has 1 amide bonds. The molecule has 0 atom stereocenters. The standard InChI is InChI=1S/C18H16Cl2F2N2O4S/c19-14-2-1-3-15(20)16(14)29(26,27)24-10-8-23(9-11-24)17(25)12-4-6-13(7-5-12)28-18(21)22/h1-7,18H,8-11H2. The van der Waals surface area contributed by atoms with Crippen molar-refractivity contribution < 1.29 is 26.7 Å². The van der Waals surface area contributed by atoms with Gasteiger partial charge in [0.25, 0.3) is 5.91 Å². The Morgan fingerprint density at radius 2 is 1.52 bits per heavy atom. The van der Waals surface area contributed by atoms with Crippen molar-refractivity contribution in [2.24, 2.45) is 0 Å². The number of halogens is 4. The Balaban J connectivity index is 1.68. The number of sulfonamides is 1. The van der Waals surface area contributed by atoms with Crippen molar-refractivity contribution in [3.05, 3.63) is 58.1 Å². The lowest BCUT2D eigenvalue weighted by Crippen LogP contribution is -2.50. The first-order valence-corrected chi connectivity index (χ1v) is 10.7. The number of carbonyl (C=O) groups is 1. The van der Waals surface area contributed by atoms with Crippen LogP contribution in [0.3, 0.4) is 0 Å². The first kappa shape index (κ1) is 21.8. The van der Waals surface area contributed by atoms with Crippen LogP contribution in [0.2, 0.25) is 10.0 Å². The van der Waals surface area contributed by atoms with E-state index < -0.39 is 16.6 Å². The van der Waals surface area contributed by atoms with E-state index in [1.54, 1.807) is 6.07 Å². The van der Waals surface area contributed by atoms with Gasteiger partial charge in [-0.1, -0.05) is 29.3 Å². The van der Waals surface area contributed by atoms with E-state index in [0.29, 0.717) is 0 Å². The van der Waals surface area contributed by atoms with Crippen LogP contribution in [-0.2, 0) is 10.0 Å². The van der Waals surface area contributed by atoms with Gasteiger partial charge < -0.3 is 9.64 Å². The average Bonchev–Trinajstić information content (AvgIpc) is 2.67. The number of piperazine rings is 1. The molecule has 0 bridgehead atoms. The molecule has 0 saturated carbocycles. The monoisotopic (exact) mass is 464 g/mol. The minimum absolute atomic E-state index is 0.0297. The third-order valence-electron chi connectivity index (χ3n) is 4.37. The van der Waals surface area contributed by atoms with Crippen LogP contribution in [0.1, 0.15) is 10.4 Å². The molecule has 1 aliphatic heterocycles. The highest BCUT2D eigenvalue weighted by atomic mass is 35.5. The first-order valence-electron chi connectivity index (χ1n) is 8.48. The molecule has 1 aliphatic rings. The molecule has 1 fully saturated rings. The zero-order valence-corrected chi connectivity index (χ0v) is 17.2. The number of alkyl halides is 2. The minimum Gasteiger partial charge on any atom is -0.435 e. The Morgan fingerprint density at radius 1 is 0.966 bits per heavy atom. The van der Waals surface area contributed by atoms with Crippen LogP contribution in [0.4, 0.5) is 8.78 Å². The predicted octanol–water partition coefficient (Wildman–Crippen LogP) is 3.74. The summed E-state index contributed by atoms with van der Waals surface area (Å²) in [6.07, 6.45) is 0. The van der Waals surface area contributed by atoms with E-state index in [-0.39, 0.29) is 58.3 Å². The van der Waals surface area contributed by atoms with Gasteiger partial charge >= 0.3 is 6.61 Å². The van der Waals surface area contributed by atoms with E-state index in [0.717, 1.165) is 0 Å². The Labute approximate surface area is 176 Å². The van der Waals surface area contributed by atoms with E-state index in [9.17, 15) is 22.0 Å². The van der Waals surface area contributed by atoms with Gasteiger partial charge in [-0.3, -0.25) is 4.79 Å². The van der Waals surface area contributed by atoms with Gasteiger partial charge in [0.1, 0.15) is 10.6 Å². The fraction of sp³-hybridized carbons (Fsp3) is 0.278. The second-order valence-electron chi connectivity index (χ2n) is 6.15. The van der Waals surface area contributed by atoms with Crippen molar-refractivity contribution >= 4 is 39.1 Å². The largest absolute Gasteiger partial charge is 0.435 e. The number of ether oxygens (including phenoxy) is 1. The van der Waals surface area contributed by atoms with E-state index in [1.165, 1.54) is 45.6 Å². The molecule has 0 aliphatic carbocycles. The van der Waals surface area contributed by atoms with Crippen molar-refractivity contribution in [3.63, 3.8) is 0 Å². The number of nitrogens with zero attached hydrogens (tertiary/aromatic N) is 2. The smallest absolute Gasteiger partial charge is 0.387 e. The van der Waals surface area contributed by atoms with Crippen LogP contribution in [0.5, 0.6) is 5.75 Å². The lowest BCUT2D eigenvalue weighted by molar-refractivity contribution is -0.0498. The highest BCUT2D eigenvalue weighted by molar-refractivity contribution is 7.89. The van der Waals surface area contributed by atoms with Gasteiger partial charge in [0.2, 0.25) is 10.0 Å². The summed E-state index contributed by atoms with van der Waals surface area (Å²) in [7, 11) is -3.91. The SMILES string of the molecule is O=C(c1ccc(OC(F)F)cc1)N1CCN(S(=O)(=O)c2c(Cl)cccc2Cl)CC1. The molecule has 0 spiro atoms. The van der Waals surface area contributed by atoms with E-state index in [1.807, 2.05) is 0 Å². The van der Waals surface area contributed by atoms with Crippen LogP contribution in [-0.4, -0.2) is 56.3 Å². The van der Waals surface area contributed by atoms with E-state index in [4.69, 9.17) is 23.2 Å². The summed E-state index contributed by atoms with van der Waals surface area (Å²) in [5.41, 5.74) is 0.289. The van der Waals surface area contributed by atoms with Gasteiger partial charge in [-0.2, -0.15) is 13.1 Å². The zero-order valence-electron chi connectivity index (χ0n) is 14.9. The quantitative estimate of drug-likeness (QED) is 0.675. The van der Waals surface area contributed by atoms with Gasteiger partial charge in [-0.05, 0) is 36.4 Å². The summed E-state index contributed by atoms with van der Waals surface area (Å²) in [6, 6.07) is 9.76. The second kappa shape index (κ2) is 8.83. The molecule has 156 valence electrons. The van der Waals surface area contributed by atoms with E-state index in [2.05, 4.69) is 4.74 Å². The molecule has 2 aromatic rings. The zero-order chi connectivity index (χ0) is 21.2. The molecule has 1 heterocycles. The third kappa shape index (κ3) is 4.80. The topological polar surface area (TPSA) is 66.9 Å². The Morgan fingerprint density at radius 3 is 2.03 bits per heavy atom. The number of carbonyl (C=O) groups excluding carboxylic acids is 1. The van der Waals surface area contributed by atoms with Gasteiger partial charge in [0.15, 0.2) is 0 Å². The molecule has 6 nitrogen and oxygen atoms in total. The lowest BCUT2D eigenvalue weighted by Gasteiger charge is -2.34. The molecular formula is C18H16Cl2F2N2O4S. The van der Waals surface area contributed by atoms with E-state index >= 15 is 0 Å². The summed E-state index contributed by atoms with van der Waals surface area (Å²) in [5, 5.41) is 0.0595. The van der Waals surface area contributed by atoms with Gasteiger partial charge in [-0.15, -0.1) is 0 Å². The molecular weight excluding hydrogens is 449 g/mol. The number of rotatable bonds is 5. The summed E-state index contributed by atoms with van der Waals surface area (Å²) in [6.45, 7) is -2.48. The normalized spacial score (nSPS) is 15.6. The van der Waals surface area contributed by atoms with Gasteiger partial charge in [-0.25, -0.2) is 8.42 Å². The first-order chi connectivity index (χ1) is 13.7. The Kier molecular flexibility index (Phi) is 6.62. The second-order valence-corrected chi connectivity index (χ2v) is 8.84. The number of benzene rings is 2. The fourth-order valence-electron chi connectivity index (χ4n) is 2.95. The van der Waals surface area contributed by atoms with Crippen molar-refractivity contribution in [1.29, 1.82) is 0 Å². The Bertz CT molecular complexity index is 975. The van der Waals surface area contributed by atoms with Gasteiger partial charge in [0, 0.05) is 31.7 Å². The number of amides is 1. The van der Waals surface area contributed by atoms with Crippen LogP contribution >= 0.6 is 23.2 Å². The molecule has 2 aromatic carbocycles. The predicted molar refractivity (Wildman–Crippen MR) is 104 cm³/mol. The summed E-state index contributed by atoms with van der Waals surface area (Å²) >= 11 is 12.0. The Hall–Kier alpha value is -1.94. The molecule has 0 unspecified atom stereocenters. The molecule has 0 aromatic heterocycles. The number of hydrogen-bond acceptors (Lipinski definition) is 4. The molecule has 0 N–H and O–H groups in total. The summed E-state index contributed by atoms with van der Waals surface area (Å²) in [5.74, 6) is -0.384. The highest BCUT2D eigenvalue weighted by Gasteiger charge is 2.33. The van der Waals surface area contributed by atoms with Crippen molar-refractivity contribution in [2.75, 3.05) is 26.2 Å². The van der Waals surface area contributed by atoms with Crippen LogP contribution < -0.4 is 4.74 Å². The number of hydrogen-bond donors (Lipinski definition) is 0. The van der Waals surface area contributed by atoms with Crippen molar-refractivity contribution in [1.82, 2.24) is 9.21 Å². The minimum atomic E-state index is -3.91. The van der Waals surface area contributed by atoms with Gasteiger partial charge in [0.05, 0.1) is 10.0 Å². The summed E-state index contributed by atoms with van der Waals surface area (Å²) in [4.78, 5) is 13.9. The lowest BCUT2D eigenvalue weighted by atomic mass is 10.2. The third-order valence-corrected chi connectivity index (χ3v) is 7.22. The van der Waals surface area contributed by atoms with Crippen molar-refractivity contribution in [2.45, 2.75) is 11.5 Å². The fourth-order valence-corrected chi connectivity index (χ4v) is 5.46. The van der Waals surface area contributed by atoms with Crippen molar-refractivity contribution in [3.8, 4) is 5.75 Å². The molecule has 11 heteroatoms. The molecule has 0 radical (unpaired) electrons. The maximum Gasteiger partial charge on any atom is 0.387 e. The molecule has 3 rings (SSSR count). The van der Waals surface area contributed by atoms with Crippen LogP contribution in [0.15, 0.2) is 47.4 Å². The van der Waals surface area contributed by atoms with Crippen LogP contribution in [0, 0.1) is 0 Å². The molecule has 29 heavy (non-hydrogen) atoms. The maximum atomic E-state index is 12.9. The maximum absolute atomic E-state index is 12.9. The molecule has 1 saturated heterocycles. The van der Waals surface area contributed by atoms with Crippen LogP contribution in [0.25, 0.3) is 0 Å². The highest BCUT2D eigenvalue weighted by Crippen LogP contribution is 2.32. The average molecular weight is 465 g/mol. The summed E-state index contributed by atoms with van der Waals surface area (Å²) < 4.78 is 55.7.